The van der Waals surface area contributed by atoms with Gasteiger partial charge in [0.15, 0.2) is 0 Å². The smallest absolute Gasteiger partial charge is 0.307 e. The van der Waals surface area contributed by atoms with Crippen molar-refractivity contribution in [1.29, 1.82) is 0 Å². The number of carbonyl (C=O) groups excluding carboxylic acids is 2. The van der Waals surface area contributed by atoms with Gasteiger partial charge in [-0.15, -0.1) is 0 Å². The highest BCUT2D eigenvalue weighted by Gasteiger charge is 2.12. The van der Waals surface area contributed by atoms with Crippen LogP contribution in [0, 0.1) is 0 Å². The van der Waals surface area contributed by atoms with Crippen LogP contribution in [0.4, 0.5) is 0 Å². The number of methoxy groups -OCH3 is 2. The molecule has 0 spiro atoms. The van der Waals surface area contributed by atoms with Crippen molar-refractivity contribution in [3.05, 3.63) is 35.9 Å². The van der Waals surface area contributed by atoms with Gasteiger partial charge in [-0.05, 0) is 37.6 Å². The predicted molar refractivity (Wildman–Crippen MR) is 96.3 cm³/mol. The summed E-state index contributed by atoms with van der Waals surface area (Å²) in [6, 6.07) is 7.52. The summed E-state index contributed by atoms with van der Waals surface area (Å²) in [7, 11) is 2.90. The Labute approximate surface area is 149 Å². The van der Waals surface area contributed by atoms with Crippen molar-refractivity contribution in [2.24, 2.45) is 0 Å². The van der Waals surface area contributed by atoms with Crippen LogP contribution in [0.3, 0.4) is 0 Å². The summed E-state index contributed by atoms with van der Waals surface area (Å²) in [5, 5.41) is 0. The predicted octanol–water partition coefficient (Wildman–Crippen LogP) is 2.53. The molecule has 1 amide bonds. The van der Waals surface area contributed by atoms with E-state index >= 15 is 0 Å². The molecule has 0 saturated heterocycles. The first-order chi connectivity index (χ1) is 12.0. The number of benzene rings is 1. The molecular weight excluding hydrogens is 322 g/mol. The number of esters is 1. The summed E-state index contributed by atoms with van der Waals surface area (Å²) < 4.78 is 15.3. The summed E-state index contributed by atoms with van der Waals surface area (Å²) >= 11 is 0. The molecule has 0 aliphatic heterocycles. The molecule has 0 heterocycles. The van der Waals surface area contributed by atoms with E-state index in [1.54, 1.807) is 18.1 Å². The molecule has 138 valence electrons. The van der Waals surface area contributed by atoms with Gasteiger partial charge in [-0.3, -0.25) is 9.59 Å². The Morgan fingerprint density at radius 3 is 2.60 bits per heavy atom. The van der Waals surface area contributed by atoms with Gasteiger partial charge in [0, 0.05) is 26.3 Å². The van der Waals surface area contributed by atoms with E-state index in [1.807, 2.05) is 38.1 Å². The first kappa shape index (κ1) is 20.7. The molecule has 0 fully saturated rings. The van der Waals surface area contributed by atoms with E-state index in [2.05, 4.69) is 4.74 Å². The van der Waals surface area contributed by atoms with Gasteiger partial charge in [0.05, 0.1) is 26.2 Å². The molecule has 1 rings (SSSR count). The molecule has 0 saturated carbocycles. The molecule has 0 aromatic heterocycles. The van der Waals surface area contributed by atoms with E-state index in [0.717, 1.165) is 11.3 Å². The number of nitrogens with zero attached hydrogens (tertiary/aromatic N) is 1. The van der Waals surface area contributed by atoms with Crippen LogP contribution in [0.5, 0.6) is 5.75 Å². The van der Waals surface area contributed by atoms with Crippen molar-refractivity contribution in [2.75, 3.05) is 33.9 Å². The molecule has 0 atom stereocenters. The van der Waals surface area contributed by atoms with Crippen molar-refractivity contribution in [3.8, 4) is 5.75 Å². The monoisotopic (exact) mass is 349 g/mol. The van der Waals surface area contributed by atoms with Crippen LogP contribution in [0.2, 0.25) is 0 Å². The number of ether oxygens (including phenoxy) is 3. The van der Waals surface area contributed by atoms with Crippen molar-refractivity contribution < 1.29 is 23.8 Å². The fourth-order valence-corrected chi connectivity index (χ4v) is 2.10. The number of hydrogen-bond acceptors (Lipinski definition) is 5. The standard InChI is InChI=1S/C19H27NO5/c1-15(2)25-17-7-5-6-16(14-17)8-9-18(21)20(12-13-23-3)11-10-19(22)24-4/h5-9,14-15H,10-13H2,1-4H3/b9-8+. The molecule has 25 heavy (non-hydrogen) atoms. The minimum absolute atomic E-state index is 0.0868. The zero-order valence-electron chi connectivity index (χ0n) is 15.4. The lowest BCUT2D eigenvalue weighted by Gasteiger charge is -2.20. The summed E-state index contributed by atoms with van der Waals surface area (Å²) in [5.74, 6) is 0.223. The van der Waals surface area contributed by atoms with Crippen LogP contribution >= 0.6 is 0 Å². The SMILES string of the molecule is COCCN(CCC(=O)OC)C(=O)/C=C/c1cccc(OC(C)C)c1. The van der Waals surface area contributed by atoms with Gasteiger partial charge in [0.2, 0.25) is 5.91 Å². The van der Waals surface area contributed by atoms with Crippen molar-refractivity contribution >= 4 is 18.0 Å². The molecule has 0 aliphatic carbocycles. The topological polar surface area (TPSA) is 65.1 Å². The average Bonchev–Trinajstić information content (AvgIpc) is 2.59. The molecule has 0 aliphatic rings. The van der Waals surface area contributed by atoms with Crippen molar-refractivity contribution in [3.63, 3.8) is 0 Å². The molecule has 6 nitrogen and oxygen atoms in total. The Hall–Kier alpha value is -2.34. The Kier molecular flexibility index (Phi) is 9.32. The third-order valence-electron chi connectivity index (χ3n) is 3.34. The summed E-state index contributed by atoms with van der Waals surface area (Å²) in [6.07, 6.45) is 3.45. The van der Waals surface area contributed by atoms with Crippen molar-refractivity contribution in [2.45, 2.75) is 26.4 Å². The van der Waals surface area contributed by atoms with Gasteiger partial charge in [0.25, 0.3) is 0 Å². The number of carbonyl (C=O) groups is 2. The molecular formula is C19H27NO5. The Morgan fingerprint density at radius 1 is 1.20 bits per heavy atom. The fraction of sp³-hybridized carbons (Fsp3) is 0.474. The van der Waals surface area contributed by atoms with Crippen molar-refractivity contribution in [1.82, 2.24) is 4.90 Å². The van der Waals surface area contributed by atoms with Crippen LogP contribution in [0.1, 0.15) is 25.8 Å². The molecule has 6 heteroatoms. The summed E-state index contributed by atoms with van der Waals surface area (Å²) in [5.41, 5.74) is 0.867. The number of rotatable bonds is 10. The number of hydrogen-bond donors (Lipinski definition) is 0. The Balaban J connectivity index is 2.73. The minimum atomic E-state index is -0.349. The van der Waals surface area contributed by atoms with Gasteiger partial charge in [-0.2, -0.15) is 0 Å². The van der Waals surface area contributed by atoms with Gasteiger partial charge >= 0.3 is 5.97 Å². The second-order valence-electron chi connectivity index (χ2n) is 5.72. The summed E-state index contributed by atoms with van der Waals surface area (Å²) in [4.78, 5) is 25.2. The van der Waals surface area contributed by atoms with E-state index in [9.17, 15) is 9.59 Å². The van der Waals surface area contributed by atoms with Gasteiger partial charge in [-0.1, -0.05) is 12.1 Å². The van der Waals surface area contributed by atoms with E-state index < -0.39 is 0 Å². The van der Waals surface area contributed by atoms with Crippen LogP contribution < -0.4 is 4.74 Å². The molecule has 0 bridgehead atoms. The third kappa shape index (κ3) is 8.35. The van der Waals surface area contributed by atoms with E-state index in [1.165, 1.54) is 13.2 Å². The molecule has 1 aromatic carbocycles. The van der Waals surface area contributed by atoms with Gasteiger partial charge < -0.3 is 19.1 Å². The largest absolute Gasteiger partial charge is 0.491 e. The second kappa shape index (κ2) is 11.3. The van der Waals surface area contributed by atoms with Gasteiger partial charge in [0.1, 0.15) is 5.75 Å². The maximum atomic E-state index is 12.4. The normalized spacial score (nSPS) is 10.9. The first-order valence-corrected chi connectivity index (χ1v) is 8.25. The average molecular weight is 349 g/mol. The Morgan fingerprint density at radius 2 is 1.96 bits per heavy atom. The van der Waals surface area contributed by atoms with E-state index in [0.29, 0.717) is 13.2 Å². The molecule has 0 unspecified atom stereocenters. The second-order valence-corrected chi connectivity index (χ2v) is 5.72. The molecule has 1 aromatic rings. The minimum Gasteiger partial charge on any atom is -0.491 e. The van der Waals surface area contributed by atoms with E-state index in [-0.39, 0.29) is 30.9 Å². The maximum absolute atomic E-state index is 12.4. The highest BCUT2D eigenvalue weighted by atomic mass is 16.5. The lowest BCUT2D eigenvalue weighted by molar-refractivity contribution is -0.141. The van der Waals surface area contributed by atoms with Crippen LogP contribution in [0.25, 0.3) is 6.08 Å². The summed E-state index contributed by atoms with van der Waals surface area (Å²) in [6.45, 7) is 5.02. The van der Waals surface area contributed by atoms with Crippen LogP contribution in [-0.4, -0.2) is 56.8 Å². The highest BCUT2D eigenvalue weighted by Crippen LogP contribution is 2.16. The molecule has 0 N–H and O–H groups in total. The maximum Gasteiger partial charge on any atom is 0.307 e. The lowest BCUT2D eigenvalue weighted by atomic mass is 10.2. The first-order valence-electron chi connectivity index (χ1n) is 8.25. The lowest BCUT2D eigenvalue weighted by Crippen LogP contribution is -2.34. The van der Waals surface area contributed by atoms with Gasteiger partial charge in [-0.25, -0.2) is 0 Å². The van der Waals surface area contributed by atoms with Crippen LogP contribution in [-0.2, 0) is 19.1 Å². The van der Waals surface area contributed by atoms with Crippen LogP contribution in [0.15, 0.2) is 30.3 Å². The fourth-order valence-electron chi connectivity index (χ4n) is 2.10. The number of amides is 1. The zero-order chi connectivity index (χ0) is 18.7. The zero-order valence-corrected chi connectivity index (χ0v) is 15.4. The third-order valence-corrected chi connectivity index (χ3v) is 3.34. The van der Waals surface area contributed by atoms with E-state index in [4.69, 9.17) is 9.47 Å². The Bertz CT molecular complexity index is 583. The molecule has 0 radical (unpaired) electrons. The highest BCUT2D eigenvalue weighted by molar-refractivity contribution is 5.92. The quantitative estimate of drug-likeness (QED) is 0.480.